The van der Waals surface area contributed by atoms with Crippen LogP contribution in [0.1, 0.15) is 178 Å². The van der Waals surface area contributed by atoms with Gasteiger partial charge in [0.05, 0.1) is 36.2 Å². The van der Waals surface area contributed by atoms with Crippen LogP contribution >= 0.6 is 0 Å². The van der Waals surface area contributed by atoms with Crippen molar-refractivity contribution in [1.29, 1.82) is 5.41 Å². The number of aromatic amines is 2. The quantitative estimate of drug-likeness (QED) is 0.0109. The van der Waals surface area contributed by atoms with Crippen LogP contribution < -0.4 is 59.3 Å². The first-order valence-corrected chi connectivity index (χ1v) is 52.2. The third kappa shape index (κ3) is 27.8. The fraction of sp³-hybridized carbons (Fsp3) is 0.505. The molecule has 3 saturated heterocycles. The number of phenols is 1. The summed E-state index contributed by atoms with van der Waals surface area (Å²) in [6, 6.07) is 32.3. The third-order valence-electron chi connectivity index (χ3n) is 28.8. The van der Waals surface area contributed by atoms with Crippen molar-refractivity contribution in [3.63, 3.8) is 0 Å². The molecule has 31 nitrogen and oxygen atoms in total. The number of aliphatic hydroxyl groups is 1. The Morgan fingerprint density at radius 3 is 1.91 bits per heavy atom. The number of amides is 7. The minimum Gasteiger partial charge on any atom is -0.508 e. The molecule has 5 aromatic carbocycles. The molecule has 138 heavy (non-hydrogen) atoms. The second-order valence-corrected chi connectivity index (χ2v) is 42.0. The molecule has 0 radical (unpaired) electrons. The average Bonchev–Trinajstić information content (AvgIpc) is 1.42. The highest BCUT2D eigenvalue weighted by atomic mass is 32.2. The van der Waals surface area contributed by atoms with Crippen LogP contribution in [0.25, 0.3) is 27.4 Å². The van der Waals surface area contributed by atoms with Crippen LogP contribution in [0.15, 0.2) is 158 Å². The molecule has 18 atom stereocenters. The molecule has 2 unspecified atom stereocenters. The van der Waals surface area contributed by atoms with Gasteiger partial charge < -0.3 is 89.3 Å². The first kappa shape index (κ1) is 102. The predicted octanol–water partition coefficient (Wildman–Crippen LogP) is 7.09. The molecule has 0 saturated carbocycles. The maximum Gasteiger partial charge on any atom is 0.242 e. The number of ketones is 3. The van der Waals surface area contributed by atoms with Gasteiger partial charge in [0.2, 0.25) is 41.4 Å². The number of likely N-dealkylation sites (tertiary alicyclic amines) is 2. The van der Waals surface area contributed by atoms with E-state index in [1.54, 1.807) is 55.0 Å². The van der Waals surface area contributed by atoms with Gasteiger partial charge >= 0.3 is 0 Å². The number of para-hydroxylation sites is 1. The number of piperidine rings is 2. The number of carbonyl (C=O) groups is 10. The number of H-pyrrole nitrogens is 2. The third-order valence-corrected chi connectivity index (χ3v) is 31.7. The minimum atomic E-state index is -1.62. The fourth-order valence-electron chi connectivity index (χ4n) is 21.7. The van der Waals surface area contributed by atoms with E-state index in [9.17, 15) is 37.8 Å². The Morgan fingerprint density at radius 1 is 0.580 bits per heavy atom. The van der Waals surface area contributed by atoms with Crippen LogP contribution in [0.4, 0.5) is 0 Å². The molecule has 6 aliphatic rings. The summed E-state index contributed by atoms with van der Waals surface area (Å²) < 4.78 is 28.5. The van der Waals surface area contributed by atoms with Crippen molar-refractivity contribution in [3.05, 3.63) is 208 Å². The smallest absolute Gasteiger partial charge is 0.242 e. The Hall–Kier alpha value is -11.5. The maximum absolute atomic E-state index is 15.8. The molecule has 3 fully saturated rings. The first-order valence-electron chi connectivity index (χ1n) is 49.2. The number of nitrogens with two attached hydrogens (primary N) is 2. The Kier molecular flexibility index (Phi) is 36.7. The molecule has 3 aliphatic carbocycles. The van der Waals surface area contributed by atoms with Crippen LogP contribution in [0.2, 0.25) is 0 Å². The number of Topliss-reactive ketones (excluding diaryl/α,β-unsaturated/α-hetero) is 3. The van der Waals surface area contributed by atoms with E-state index >= 15 is 28.8 Å². The van der Waals surface area contributed by atoms with Crippen molar-refractivity contribution in [3.8, 4) is 5.75 Å². The van der Waals surface area contributed by atoms with Gasteiger partial charge in [-0.3, -0.25) is 66.8 Å². The molecule has 3 aliphatic heterocycles. The minimum absolute atomic E-state index is 0.00815. The number of aromatic nitrogens is 3. The van der Waals surface area contributed by atoms with E-state index < -0.39 is 154 Å². The molecule has 8 aromatic rings. The number of allylic oxidation sites excluding steroid dienone is 1. The van der Waals surface area contributed by atoms with Crippen LogP contribution in [0.5, 0.6) is 5.75 Å². The van der Waals surface area contributed by atoms with E-state index in [4.69, 9.17) is 16.9 Å². The van der Waals surface area contributed by atoms with E-state index in [0.29, 0.717) is 78.6 Å². The number of hydrogen-bond donors (Lipinski definition) is 16. The molecule has 738 valence electrons. The van der Waals surface area contributed by atoms with E-state index in [1.807, 2.05) is 42.5 Å². The van der Waals surface area contributed by atoms with Crippen LogP contribution in [-0.2, 0) is 108 Å². The van der Waals surface area contributed by atoms with Gasteiger partial charge in [0.1, 0.15) is 23.3 Å². The molecular weight excluding hydrogens is 1790 g/mol. The number of aliphatic hydroxyl groups excluding tert-OH is 1. The summed E-state index contributed by atoms with van der Waals surface area (Å²) in [4.78, 5) is 167. The molecular formula is C105H137N17O14S2. The predicted molar refractivity (Wildman–Crippen MR) is 535 cm³/mol. The molecule has 0 spiro atoms. The van der Waals surface area contributed by atoms with Crippen molar-refractivity contribution in [1.82, 2.24) is 72.6 Å². The number of guanidine groups is 1. The van der Waals surface area contributed by atoms with Gasteiger partial charge in [-0.1, -0.05) is 97.1 Å². The summed E-state index contributed by atoms with van der Waals surface area (Å²) in [5, 5.41) is 59.1. The number of carbonyl (C=O) groups excluding carboxylic acids is 10. The Labute approximate surface area is 812 Å². The lowest BCUT2D eigenvalue weighted by Crippen LogP contribution is -2.54. The number of likely N-dealkylation sites (N-methyl/N-ethyl adjacent to an activating group) is 2. The van der Waals surface area contributed by atoms with Gasteiger partial charge in [-0.25, -0.2) is 0 Å². The summed E-state index contributed by atoms with van der Waals surface area (Å²) in [6.45, 7) is 3.34. The van der Waals surface area contributed by atoms with Gasteiger partial charge in [0, 0.05) is 186 Å². The number of benzene rings is 5. The summed E-state index contributed by atoms with van der Waals surface area (Å²) in [7, 11) is 1.19. The van der Waals surface area contributed by atoms with Gasteiger partial charge in [0.15, 0.2) is 23.3 Å². The number of unbranched alkanes of at least 4 members (excludes halogenated alkanes) is 2. The number of nitrogens with one attached hydrogen (secondary N) is 12. The summed E-state index contributed by atoms with van der Waals surface area (Å²) in [5.74, 6) is -9.56. The van der Waals surface area contributed by atoms with Gasteiger partial charge in [-0.15, -0.1) is 0 Å². The van der Waals surface area contributed by atoms with Gasteiger partial charge in [0.25, 0.3) is 0 Å². The summed E-state index contributed by atoms with van der Waals surface area (Å²) in [5.41, 5.74) is 24.2. The molecule has 33 heteroatoms. The van der Waals surface area contributed by atoms with Gasteiger partial charge in [-0.05, 0) is 253 Å². The molecule has 6 heterocycles. The van der Waals surface area contributed by atoms with Crippen molar-refractivity contribution >= 4 is 114 Å². The van der Waals surface area contributed by atoms with Crippen LogP contribution in [-0.4, -0.2) is 245 Å². The van der Waals surface area contributed by atoms with Crippen molar-refractivity contribution in [2.45, 2.75) is 221 Å². The van der Waals surface area contributed by atoms with Crippen LogP contribution in [0.3, 0.4) is 0 Å². The first-order chi connectivity index (χ1) is 66.6. The monoisotopic (exact) mass is 1920 g/mol. The second-order valence-electron chi connectivity index (χ2n) is 39.0. The lowest BCUT2D eigenvalue weighted by Gasteiger charge is -2.46. The number of rotatable bonds is 34. The second kappa shape index (κ2) is 49.4. The normalized spacial score (nSPS) is 24.9. The fourth-order valence-corrected chi connectivity index (χ4v) is 24.2. The SMILES string of the molecule is C[C@@H](O)[C@@H]1CC(=O)[C@H](CCCCN)NC(=O)[C@@H](Cc2c[nH]c3ccccc23)CC(=O)[C@H](Cc2ccncc2)NC(=O)[C@H](Cc2ccccc2)CC(=O)[C@H](CCCNC(=N)N)NC(=O)[C@H](NC[C@H](CCCCNC(=O)CS(=O)C[C@@H]2C[C@@H]3c4cccc5c4C(=CC5)C[C@H]3N(C)C2)NC(=O)CS(=O)C[C@@H]2C[C@@H]3c4cccc5[nH]cc(c45)C[C@H]3N(C)C2)CCCCNC(=O)[C@H](Cc2ccc(O)cc2)NC1=O. The highest BCUT2D eigenvalue weighted by Gasteiger charge is 2.45. The topological polar surface area (TPSA) is 480 Å². The maximum atomic E-state index is 15.8. The molecule has 3 aromatic heterocycles. The number of pyridine rings is 1. The number of phenolic OH excluding ortho intramolecular Hbond substituents is 1. The summed E-state index contributed by atoms with van der Waals surface area (Å²) in [6.07, 6.45) is 13.2. The zero-order valence-electron chi connectivity index (χ0n) is 79.4. The molecule has 18 N–H and O–H groups in total. The molecule has 14 rings (SSSR count). The van der Waals surface area contributed by atoms with Crippen LogP contribution in [0, 0.1) is 35.0 Å². The lowest BCUT2D eigenvalue weighted by atomic mass is 9.70. The van der Waals surface area contributed by atoms with Crippen molar-refractivity contribution < 1.29 is 66.6 Å². The van der Waals surface area contributed by atoms with Crippen molar-refractivity contribution in [2.24, 2.45) is 41.1 Å². The van der Waals surface area contributed by atoms with E-state index in [0.717, 1.165) is 55.1 Å². The highest BCUT2D eigenvalue weighted by Crippen LogP contribution is 2.50. The zero-order chi connectivity index (χ0) is 97.5. The number of fused-ring (bicyclic) bond motifs is 5. The largest absolute Gasteiger partial charge is 0.508 e. The Balaban J connectivity index is 0.741. The standard InChI is InChI=1S/C105H137N17O14S2/c1-64(123)81-54-95(127)85(26-9-12-38-106)117-101(131)73(49-74-55-113-84-25-8-7-22-78(74)84)53-94(126)89(47-67-36-42-109-43-37-67)119-100(130)72(44-65-18-5-4-6-19-65)52-93(125)86(29-17-41-112-105(107)108)118-104(134)88(27-11-14-40-111-103(133)90(120-102(81)132)48-66-30-34-77(124)35-31-66)115-57-76(116-97(129)63-138(136)61-69-46-83-80-24-16-28-87-99(80)75(56-114-87)51-92(83)122(3)59-69)21-10-13-39-110-96(128)62-137(135)60-68-45-82-79-23-15-20-70-32-33-71(98(70)79)50-91(82)121(2)58-68/h4-8,15-16,18-20,22-25,28,30-31,33-37,42-43,55-56,64,68-69,72-73,76,81-83,85-86,88-92,113-115,123-124H,9-14,17,21,26-27,29,32,38-41,44-54,57-63,106H2,1-3H3,(H,110,128)(H,111,133)(H,116,129)(H,117,131)(H,118,134)(H,119,130)(H,120,132)(H4,107,108,112)/t64-,68-,69-,72-,73+,76+,81+,82-,83-,85+,86+,88-,89+,90+,91-,92-,137?,138?/m1/s1. The Bertz CT molecular complexity index is 5680. The number of aromatic hydroxyl groups is 1. The highest BCUT2D eigenvalue weighted by molar-refractivity contribution is 7.86. The van der Waals surface area contributed by atoms with E-state index in [-0.39, 0.29) is 156 Å². The zero-order valence-corrected chi connectivity index (χ0v) is 81.0. The lowest BCUT2D eigenvalue weighted by molar-refractivity contribution is -0.137. The molecule has 0 bridgehead atoms. The number of nitrogens with zero attached hydrogens (tertiary/aromatic N) is 3. The van der Waals surface area contributed by atoms with E-state index in [1.165, 1.54) is 57.8 Å². The van der Waals surface area contributed by atoms with Gasteiger partial charge in [-0.2, -0.15) is 0 Å². The molecule has 7 amide bonds. The van der Waals surface area contributed by atoms with E-state index in [2.05, 4.69) is 135 Å². The Morgan fingerprint density at radius 2 is 1.18 bits per heavy atom. The average molecular weight is 1930 g/mol. The van der Waals surface area contributed by atoms with Crippen molar-refractivity contribution in [2.75, 3.05) is 82.9 Å². The summed E-state index contributed by atoms with van der Waals surface area (Å²) >= 11 is 0. The number of hydrogen-bond acceptors (Lipinski definition) is 20.